The first-order valence-corrected chi connectivity index (χ1v) is 8.08. The second-order valence-corrected chi connectivity index (χ2v) is 5.82. The van der Waals surface area contributed by atoms with E-state index in [4.69, 9.17) is 15.2 Å². The number of nitrogens with two attached hydrogens (primary N) is 1. The minimum atomic E-state index is -0.295. The molecule has 0 saturated carbocycles. The lowest BCUT2D eigenvalue weighted by Gasteiger charge is -2.36. The van der Waals surface area contributed by atoms with E-state index in [0.717, 1.165) is 18.2 Å². The lowest BCUT2D eigenvalue weighted by Crippen LogP contribution is -2.46. The number of hydrogen-bond acceptors (Lipinski definition) is 7. The summed E-state index contributed by atoms with van der Waals surface area (Å²) in [4.78, 5) is 8.64. The Bertz CT molecular complexity index is 737. The van der Waals surface area contributed by atoms with Gasteiger partial charge in [-0.3, -0.25) is 0 Å². The van der Waals surface area contributed by atoms with Crippen LogP contribution in [0.1, 0.15) is 18.4 Å². The molecule has 0 amide bonds. The number of nitrogens with zero attached hydrogens (tertiary/aromatic N) is 3. The van der Waals surface area contributed by atoms with E-state index in [1.54, 1.807) is 12.3 Å². The van der Waals surface area contributed by atoms with E-state index in [0.29, 0.717) is 49.9 Å². The number of ether oxygens (including phenoxy) is 2. The summed E-state index contributed by atoms with van der Waals surface area (Å²) < 4.78 is 11.4. The van der Waals surface area contributed by atoms with E-state index in [-0.39, 0.29) is 5.60 Å². The van der Waals surface area contributed by atoms with Crippen molar-refractivity contribution in [3.63, 3.8) is 0 Å². The number of pyridine rings is 2. The van der Waals surface area contributed by atoms with Crippen LogP contribution in [0.25, 0.3) is 11.0 Å². The molecule has 0 unspecified atom stereocenters. The van der Waals surface area contributed by atoms with Crippen molar-refractivity contribution in [3.8, 4) is 6.07 Å². The molecular weight excluding hydrogens is 306 g/mol. The van der Waals surface area contributed by atoms with E-state index >= 15 is 0 Å². The summed E-state index contributed by atoms with van der Waals surface area (Å²) in [5, 5.41) is 13.3. The fourth-order valence-electron chi connectivity index (χ4n) is 2.81. The largest absolute Gasteiger partial charge is 0.381 e. The second-order valence-electron chi connectivity index (χ2n) is 5.82. The average molecular weight is 327 g/mol. The first kappa shape index (κ1) is 16.6. The lowest BCUT2D eigenvalue weighted by atomic mass is 9.94. The molecule has 7 heteroatoms. The summed E-state index contributed by atoms with van der Waals surface area (Å²) in [7, 11) is 0. The molecule has 0 bridgehead atoms. The van der Waals surface area contributed by atoms with Crippen molar-refractivity contribution in [3.05, 3.63) is 30.0 Å². The summed E-state index contributed by atoms with van der Waals surface area (Å²) in [6.07, 6.45) is 3.31. The van der Waals surface area contributed by atoms with Crippen molar-refractivity contribution in [1.82, 2.24) is 9.97 Å². The maximum Gasteiger partial charge on any atom is 0.161 e. The minimum Gasteiger partial charge on any atom is -0.381 e. The van der Waals surface area contributed by atoms with E-state index in [1.807, 2.05) is 12.1 Å². The monoisotopic (exact) mass is 327 g/mol. The highest BCUT2D eigenvalue weighted by Crippen LogP contribution is 2.24. The van der Waals surface area contributed by atoms with Crippen LogP contribution in [0.4, 0.5) is 5.82 Å². The van der Waals surface area contributed by atoms with Crippen LogP contribution in [0.5, 0.6) is 0 Å². The lowest BCUT2D eigenvalue weighted by molar-refractivity contribution is -0.101. The molecule has 3 heterocycles. The van der Waals surface area contributed by atoms with Gasteiger partial charge in [0.2, 0.25) is 0 Å². The Hall–Kier alpha value is -2.27. The van der Waals surface area contributed by atoms with E-state index in [2.05, 4.69) is 21.4 Å². The molecule has 1 fully saturated rings. The van der Waals surface area contributed by atoms with Crippen LogP contribution in [-0.2, 0) is 9.47 Å². The number of nitrogens with one attached hydrogen (secondary N) is 1. The van der Waals surface area contributed by atoms with Gasteiger partial charge in [0.25, 0.3) is 0 Å². The van der Waals surface area contributed by atoms with Gasteiger partial charge < -0.3 is 20.5 Å². The van der Waals surface area contributed by atoms with Crippen molar-refractivity contribution in [2.45, 2.75) is 18.4 Å². The summed E-state index contributed by atoms with van der Waals surface area (Å²) in [5.41, 5.74) is 6.69. The van der Waals surface area contributed by atoms with E-state index < -0.39 is 0 Å². The van der Waals surface area contributed by atoms with Crippen LogP contribution in [0.3, 0.4) is 0 Å². The molecule has 1 saturated heterocycles. The predicted octanol–water partition coefficient (Wildman–Crippen LogP) is 1.44. The number of rotatable bonds is 6. The third kappa shape index (κ3) is 3.62. The summed E-state index contributed by atoms with van der Waals surface area (Å²) in [5.74, 6) is 0.529. The van der Waals surface area contributed by atoms with Gasteiger partial charge in [-0.15, -0.1) is 0 Å². The molecule has 7 nitrogen and oxygen atoms in total. The highest BCUT2D eigenvalue weighted by Gasteiger charge is 2.31. The molecule has 2 aromatic rings. The Morgan fingerprint density at radius 2 is 2.25 bits per heavy atom. The molecule has 0 atom stereocenters. The number of anilines is 1. The van der Waals surface area contributed by atoms with Crippen molar-refractivity contribution < 1.29 is 9.47 Å². The molecule has 2 aromatic heterocycles. The second kappa shape index (κ2) is 7.53. The topological polar surface area (TPSA) is 106 Å². The number of nitriles is 1. The van der Waals surface area contributed by atoms with Gasteiger partial charge >= 0.3 is 0 Å². The quantitative estimate of drug-likeness (QED) is 0.773. The average Bonchev–Trinajstić information content (AvgIpc) is 2.65. The zero-order chi connectivity index (χ0) is 16.8. The van der Waals surface area contributed by atoms with Crippen molar-refractivity contribution in [1.29, 1.82) is 5.26 Å². The van der Waals surface area contributed by atoms with Crippen LogP contribution >= 0.6 is 0 Å². The zero-order valence-electron chi connectivity index (χ0n) is 13.5. The third-order valence-corrected chi connectivity index (χ3v) is 4.29. The SMILES string of the molecule is N#Cc1cc2cccnc2nc1NCCOC1(CN)CCOCC1. The smallest absolute Gasteiger partial charge is 0.161 e. The molecule has 1 aliphatic rings. The van der Waals surface area contributed by atoms with Gasteiger partial charge in [-0.1, -0.05) is 0 Å². The Kier molecular flexibility index (Phi) is 5.20. The van der Waals surface area contributed by atoms with Crippen LogP contribution in [-0.4, -0.2) is 48.5 Å². The molecule has 0 spiro atoms. The van der Waals surface area contributed by atoms with Gasteiger partial charge in [-0.25, -0.2) is 9.97 Å². The Morgan fingerprint density at radius 3 is 3.00 bits per heavy atom. The summed E-state index contributed by atoms with van der Waals surface area (Å²) >= 11 is 0. The molecule has 3 rings (SSSR count). The van der Waals surface area contributed by atoms with Gasteiger partial charge in [0, 0.05) is 50.7 Å². The fourth-order valence-corrected chi connectivity index (χ4v) is 2.81. The summed E-state index contributed by atoms with van der Waals surface area (Å²) in [6, 6.07) is 7.67. The highest BCUT2D eigenvalue weighted by molar-refractivity contribution is 5.79. The molecule has 0 aliphatic carbocycles. The maximum absolute atomic E-state index is 9.31. The van der Waals surface area contributed by atoms with Crippen LogP contribution in [0.15, 0.2) is 24.4 Å². The van der Waals surface area contributed by atoms with Crippen molar-refractivity contribution >= 4 is 16.9 Å². The molecule has 0 radical (unpaired) electrons. The zero-order valence-corrected chi connectivity index (χ0v) is 13.5. The molecule has 126 valence electrons. The Balaban J connectivity index is 1.62. The normalized spacial score (nSPS) is 16.7. The number of aromatic nitrogens is 2. The molecule has 1 aliphatic heterocycles. The number of fused-ring (bicyclic) bond motifs is 1. The Morgan fingerprint density at radius 1 is 1.42 bits per heavy atom. The van der Waals surface area contributed by atoms with Crippen molar-refractivity contribution in [2.24, 2.45) is 5.73 Å². The van der Waals surface area contributed by atoms with E-state index in [9.17, 15) is 5.26 Å². The standard InChI is InChI=1S/C17H21N5O2/c18-11-14-10-13-2-1-5-20-15(13)22-16(14)21-6-9-24-17(12-19)3-7-23-8-4-17/h1-2,5,10H,3-4,6-9,12,19H2,(H,20,21,22). The van der Waals surface area contributed by atoms with Crippen LogP contribution in [0, 0.1) is 11.3 Å². The Labute approximate surface area is 140 Å². The van der Waals surface area contributed by atoms with Gasteiger partial charge in [-0.2, -0.15) is 5.26 Å². The first-order chi connectivity index (χ1) is 11.8. The first-order valence-electron chi connectivity index (χ1n) is 8.08. The molecule has 3 N–H and O–H groups in total. The third-order valence-electron chi connectivity index (χ3n) is 4.29. The van der Waals surface area contributed by atoms with Crippen LogP contribution in [0.2, 0.25) is 0 Å². The predicted molar refractivity (Wildman–Crippen MR) is 90.5 cm³/mol. The molecule has 24 heavy (non-hydrogen) atoms. The van der Waals surface area contributed by atoms with E-state index in [1.165, 1.54) is 0 Å². The fraction of sp³-hybridized carbons (Fsp3) is 0.471. The van der Waals surface area contributed by atoms with Gasteiger partial charge in [0.1, 0.15) is 11.9 Å². The summed E-state index contributed by atoms with van der Waals surface area (Å²) in [6.45, 7) is 2.88. The highest BCUT2D eigenvalue weighted by atomic mass is 16.5. The van der Waals surface area contributed by atoms with Crippen molar-refractivity contribution in [2.75, 3.05) is 38.2 Å². The van der Waals surface area contributed by atoms with Gasteiger partial charge in [0.05, 0.1) is 17.8 Å². The molecule has 0 aromatic carbocycles. The van der Waals surface area contributed by atoms with Gasteiger partial charge in [-0.05, 0) is 18.2 Å². The molecular formula is C17H21N5O2. The van der Waals surface area contributed by atoms with Crippen LogP contribution < -0.4 is 11.1 Å². The maximum atomic E-state index is 9.31. The van der Waals surface area contributed by atoms with Gasteiger partial charge in [0.15, 0.2) is 5.65 Å². The number of hydrogen-bond donors (Lipinski definition) is 2. The minimum absolute atomic E-state index is 0.295.